The number of nitrogens with one attached hydrogen (secondary N) is 1. The Morgan fingerprint density at radius 3 is 2.35 bits per heavy atom. The van der Waals surface area contributed by atoms with Gasteiger partial charge in [0, 0.05) is 23.8 Å². The van der Waals surface area contributed by atoms with Crippen LogP contribution >= 0.6 is 23.8 Å². The Hall–Kier alpha value is -2.97. The first-order valence-corrected chi connectivity index (χ1v) is 10.5. The molecule has 0 radical (unpaired) electrons. The van der Waals surface area contributed by atoms with Gasteiger partial charge in [0.05, 0.1) is 19.1 Å². The summed E-state index contributed by atoms with van der Waals surface area (Å²) in [6, 6.07) is 12.9. The van der Waals surface area contributed by atoms with E-state index in [1.54, 1.807) is 41.3 Å². The number of halogens is 1. The van der Waals surface area contributed by atoms with Gasteiger partial charge < -0.3 is 15.0 Å². The number of anilines is 1. The summed E-state index contributed by atoms with van der Waals surface area (Å²) < 4.78 is 4.66. The second-order valence-corrected chi connectivity index (χ2v) is 7.76. The van der Waals surface area contributed by atoms with Crippen LogP contribution in [-0.2, 0) is 20.9 Å². The molecule has 1 heterocycles. The lowest BCUT2D eigenvalue weighted by Gasteiger charge is -2.24. The largest absolute Gasteiger partial charge is 0.465 e. The number of hydrogen-bond donors (Lipinski definition) is 1. The highest BCUT2D eigenvalue weighted by molar-refractivity contribution is 7.80. The van der Waals surface area contributed by atoms with Gasteiger partial charge in [-0.1, -0.05) is 23.7 Å². The molecule has 1 atom stereocenters. The smallest absolute Gasteiger partial charge is 0.337 e. The lowest BCUT2D eigenvalue weighted by atomic mass is 10.1. The first-order valence-electron chi connectivity index (χ1n) is 9.68. The van der Waals surface area contributed by atoms with Crippen molar-refractivity contribution < 1.29 is 19.1 Å². The van der Waals surface area contributed by atoms with Gasteiger partial charge in [0.15, 0.2) is 5.11 Å². The van der Waals surface area contributed by atoms with E-state index in [0.29, 0.717) is 34.5 Å². The predicted octanol–water partition coefficient (Wildman–Crippen LogP) is 3.47. The van der Waals surface area contributed by atoms with E-state index in [2.05, 4.69) is 10.1 Å². The van der Waals surface area contributed by atoms with Gasteiger partial charge in [-0.2, -0.15) is 0 Å². The lowest BCUT2D eigenvalue weighted by Crippen LogP contribution is -2.37. The second kappa shape index (κ2) is 9.89. The average Bonchev–Trinajstić information content (AvgIpc) is 2.98. The maximum absolute atomic E-state index is 12.9. The molecule has 1 saturated heterocycles. The number of esters is 1. The minimum absolute atomic E-state index is 0.0538. The highest BCUT2D eigenvalue weighted by Gasteiger charge is 2.42. The van der Waals surface area contributed by atoms with Crippen LogP contribution in [0.3, 0.4) is 0 Å². The van der Waals surface area contributed by atoms with E-state index in [1.165, 1.54) is 12.0 Å². The summed E-state index contributed by atoms with van der Waals surface area (Å²) in [5, 5.41) is 3.79. The summed E-state index contributed by atoms with van der Waals surface area (Å²) in [7, 11) is 1.30. The highest BCUT2D eigenvalue weighted by Crippen LogP contribution is 2.24. The maximum atomic E-state index is 12.9. The molecule has 1 fully saturated rings. The molecular formula is C22H22ClN3O4S. The Morgan fingerprint density at radius 1 is 1.13 bits per heavy atom. The Morgan fingerprint density at radius 2 is 1.77 bits per heavy atom. The third-order valence-corrected chi connectivity index (χ3v) is 5.66. The van der Waals surface area contributed by atoms with Crippen molar-refractivity contribution in [3.8, 4) is 0 Å². The van der Waals surface area contributed by atoms with Crippen LogP contribution < -0.4 is 5.32 Å². The molecule has 1 aliphatic rings. The minimum atomic E-state index is -0.697. The molecule has 1 aliphatic heterocycles. The molecule has 0 aromatic heterocycles. The van der Waals surface area contributed by atoms with Crippen LogP contribution in [0.15, 0.2) is 48.5 Å². The lowest BCUT2D eigenvalue weighted by molar-refractivity contribution is -0.130. The number of likely N-dealkylation sites (N-methyl/N-ethyl adjacent to an activating group) is 1. The fourth-order valence-corrected chi connectivity index (χ4v) is 3.88. The molecule has 162 valence electrons. The third-order valence-electron chi connectivity index (χ3n) is 4.95. The fraction of sp³-hybridized carbons (Fsp3) is 0.273. The monoisotopic (exact) mass is 459 g/mol. The average molecular weight is 460 g/mol. The van der Waals surface area contributed by atoms with Gasteiger partial charge in [0.25, 0.3) is 5.91 Å². The van der Waals surface area contributed by atoms with Gasteiger partial charge >= 0.3 is 5.97 Å². The summed E-state index contributed by atoms with van der Waals surface area (Å²) in [6.45, 7) is 2.67. The topological polar surface area (TPSA) is 79.0 Å². The number of amides is 2. The summed E-state index contributed by atoms with van der Waals surface area (Å²) in [5.41, 5.74) is 1.83. The molecule has 0 spiro atoms. The number of nitrogens with zero attached hydrogens (tertiary/aromatic N) is 2. The van der Waals surface area contributed by atoms with Crippen LogP contribution in [0.4, 0.5) is 5.69 Å². The van der Waals surface area contributed by atoms with Crippen molar-refractivity contribution in [2.24, 2.45) is 0 Å². The van der Waals surface area contributed by atoms with E-state index in [4.69, 9.17) is 23.8 Å². The van der Waals surface area contributed by atoms with Crippen molar-refractivity contribution in [2.45, 2.75) is 25.9 Å². The third kappa shape index (κ3) is 5.21. The van der Waals surface area contributed by atoms with E-state index in [1.807, 2.05) is 19.1 Å². The second-order valence-electron chi connectivity index (χ2n) is 6.96. The van der Waals surface area contributed by atoms with Crippen LogP contribution in [0.2, 0.25) is 5.02 Å². The molecule has 2 aromatic carbocycles. The zero-order valence-electron chi connectivity index (χ0n) is 17.1. The van der Waals surface area contributed by atoms with E-state index in [0.717, 1.165) is 5.56 Å². The molecule has 0 aliphatic carbocycles. The number of carbonyl (C=O) groups is 3. The first-order chi connectivity index (χ1) is 14.8. The summed E-state index contributed by atoms with van der Waals surface area (Å²) in [5.74, 6) is -0.982. The highest BCUT2D eigenvalue weighted by atomic mass is 35.5. The first kappa shape index (κ1) is 22.7. The molecule has 9 heteroatoms. The molecule has 3 rings (SSSR count). The zero-order valence-corrected chi connectivity index (χ0v) is 18.7. The number of carbonyl (C=O) groups excluding carboxylic acids is 3. The van der Waals surface area contributed by atoms with Gasteiger partial charge in [-0.3, -0.25) is 14.5 Å². The van der Waals surface area contributed by atoms with Crippen molar-refractivity contribution in [3.05, 3.63) is 64.7 Å². The Labute approximate surface area is 190 Å². The summed E-state index contributed by atoms with van der Waals surface area (Å²) in [6.07, 6.45) is -0.0538. The standard InChI is InChI=1S/C22H22ClN3O4S/c1-3-25-20(28)18(26(22(25)31)13-14-4-8-16(23)9-5-14)12-19(27)24-17-10-6-15(7-11-17)21(29)30-2/h4-11,18H,3,12-13H2,1-2H3,(H,24,27). The normalized spacial score (nSPS) is 15.9. The number of ether oxygens (including phenoxy) is 1. The van der Waals surface area contributed by atoms with Crippen molar-refractivity contribution in [2.75, 3.05) is 19.0 Å². The maximum Gasteiger partial charge on any atom is 0.337 e. The SMILES string of the molecule is CCN1C(=O)C(CC(=O)Nc2ccc(C(=O)OC)cc2)N(Cc2ccc(Cl)cc2)C1=S. The van der Waals surface area contributed by atoms with E-state index >= 15 is 0 Å². The quantitative estimate of drug-likeness (QED) is 0.504. The molecule has 1 unspecified atom stereocenters. The Balaban J connectivity index is 1.72. The number of benzene rings is 2. The molecule has 0 saturated carbocycles. The van der Waals surface area contributed by atoms with Gasteiger partial charge in [0.2, 0.25) is 5.91 Å². The van der Waals surface area contributed by atoms with E-state index < -0.39 is 12.0 Å². The molecule has 2 aromatic rings. The van der Waals surface area contributed by atoms with Crippen LogP contribution in [0.5, 0.6) is 0 Å². The van der Waals surface area contributed by atoms with Gasteiger partial charge in [-0.15, -0.1) is 0 Å². The Bertz CT molecular complexity index is 995. The molecule has 1 N–H and O–H groups in total. The number of thiocarbonyl (C=S) groups is 1. The zero-order chi connectivity index (χ0) is 22.5. The van der Waals surface area contributed by atoms with E-state index in [9.17, 15) is 14.4 Å². The van der Waals surface area contributed by atoms with Crippen molar-refractivity contribution in [1.29, 1.82) is 0 Å². The summed E-state index contributed by atoms with van der Waals surface area (Å²) >= 11 is 11.5. The van der Waals surface area contributed by atoms with Crippen LogP contribution in [0.1, 0.15) is 29.3 Å². The number of methoxy groups -OCH3 is 1. The summed E-state index contributed by atoms with van der Waals surface area (Å²) in [4.78, 5) is 40.4. The van der Waals surface area contributed by atoms with Crippen molar-refractivity contribution in [1.82, 2.24) is 9.80 Å². The van der Waals surface area contributed by atoms with Gasteiger partial charge in [-0.05, 0) is 61.1 Å². The molecule has 0 bridgehead atoms. The van der Waals surface area contributed by atoms with Crippen molar-refractivity contribution in [3.63, 3.8) is 0 Å². The van der Waals surface area contributed by atoms with E-state index in [-0.39, 0.29) is 18.2 Å². The predicted molar refractivity (Wildman–Crippen MR) is 122 cm³/mol. The number of rotatable bonds is 7. The van der Waals surface area contributed by atoms with Crippen LogP contribution in [-0.4, -0.2) is 52.4 Å². The van der Waals surface area contributed by atoms with Gasteiger partial charge in [-0.25, -0.2) is 4.79 Å². The van der Waals surface area contributed by atoms with Crippen LogP contribution in [0.25, 0.3) is 0 Å². The molecule has 2 amide bonds. The van der Waals surface area contributed by atoms with Crippen LogP contribution in [0, 0.1) is 0 Å². The minimum Gasteiger partial charge on any atom is -0.465 e. The van der Waals surface area contributed by atoms with Gasteiger partial charge in [0.1, 0.15) is 6.04 Å². The Kier molecular flexibility index (Phi) is 7.25. The molecular weight excluding hydrogens is 438 g/mol. The van der Waals surface area contributed by atoms with Crippen molar-refractivity contribution >= 4 is 52.4 Å². The molecule has 7 nitrogen and oxygen atoms in total. The fourth-order valence-electron chi connectivity index (χ4n) is 3.34. The molecule has 31 heavy (non-hydrogen) atoms. The number of hydrogen-bond acceptors (Lipinski definition) is 5.